The standard InChI is InChI=1S/C14H19N3O3/c1-9(2)16-13(18)8-7-11(15)14(16)10-5-3-4-6-12(10)17(19)20/h3-6,9,11,14H,7-8,15H2,1-2H3. The molecule has 6 nitrogen and oxygen atoms in total. The predicted molar refractivity (Wildman–Crippen MR) is 75.0 cm³/mol. The van der Waals surface area contributed by atoms with Gasteiger partial charge in [0.1, 0.15) is 0 Å². The van der Waals surface area contributed by atoms with Crippen molar-refractivity contribution in [2.24, 2.45) is 5.73 Å². The highest BCUT2D eigenvalue weighted by atomic mass is 16.6. The molecule has 6 heteroatoms. The Morgan fingerprint density at radius 1 is 1.40 bits per heavy atom. The van der Waals surface area contributed by atoms with Gasteiger partial charge in [0, 0.05) is 24.6 Å². The number of carbonyl (C=O) groups is 1. The van der Waals surface area contributed by atoms with Gasteiger partial charge < -0.3 is 10.6 Å². The minimum absolute atomic E-state index is 0.00449. The van der Waals surface area contributed by atoms with Gasteiger partial charge in [0.15, 0.2) is 0 Å². The van der Waals surface area contributed by atoms with E-state index in [0.29, 0.717) is 18.4 Å². The second-order valence-electron chi connectivity index (χ2n) is 5.36. The third-order valence-corrected chi connectivity index (χ3v) is 3.69. The Hall–Kier alpha value is -1.95. The Morgan fingerprint density at radius 2 is 2.05 bits per heavy atom. The highest BCUT2D eigenvalue weighted by molar-refractivity contribution is 5.78. The fraction of sp³-hybridized carbons (Fsp3) is 0.500. The van der Waals surface area contributed by atoms with Crippen molar-refractivity contribution >= 4 is 11.6 Å². The Balaban J connectivity index is 2.51. The number of nitrogens with zero attached hydrogens (tertiary/aromatic N) is 2. The average Bonchev–Trinajstić information content (AvgIpc) is 2.40. The third-order valence-electron chi connectivity index (χ3n) is 3.69. The van der Waals surface area contributed by atoms with Crippen molar-refractivity contribution in [2.45, 2.75) is 44.8 Å². The van der Waals surface area contributed by atoms with Crippen LogP contribution in [0.1, 0.15) is 38.3 Å². The molecule has 2 atom stereocenters. The smallest absolute Gasteiger partial charge is 0.274 e. The molecule has 0 spiro atoms. The lowest BCUT2D eigenvalue weighted by Crippen LogP contribution is -2.51. The van der Waals surface area contributed by atoms with Crippen LogP contribution in [0.5, 0.6) is 0 Å². The summed E-state index contributed by atoms with van der Waals surface area (Å²) in [5.41, 5.74) is 6.70. The SMILES string of the molecule is CC(C)N1C(=O)CCC(N)C1c1ccccc1[N+](=O)[O-]. The highest BCUT2D eigenvalue weighted by Gasteiger charge is 2.39. The van der Waals surface area contributed by atoms with Crippen LogP contribution in [-0.4, -0.2) is 27.8 Å². The van der Waals surface area contributed by atoms with E-state index in [2.05, 4.69) is 0 Å². The molecule has 0 radical (unpaired) electrons. The molecule has 1 amide bonds. The Morgan fingerprint density at radius 3 is 2.65 bits per heavy atom. The van der Waals surface area contributed by atoms with E-state index >= 15 is 0 Å². The van der Waals surface area contributed by atoms with Crippen molar-refractivity contribution in [3.63, 3.8) is 0 Å². The molecule has 20 heavy (non-hydrogen) atoms. The van der Waals surface area contributed by atoms with Gasteiger partial charge in [-0.2, -0.15) is 0 Å². The van der Waals surface area contributed by atoms with Gasteiger partial charge in [-0.05, 0) is 20.3 Å². The minimum atomic E-state index is -0.433. The van der Waals surface area contributed by atoms with Crippen LogP contribution in [0.25, 0.3) is 0 Å². The van der Waals surface area contributed by atoms with Crippen LogP contribution in [0.15, 0.2) is 24.3 Å². The Labute approximate surface area is 117 Å². The molecule has 0 aliphatic carbocycles. The first kappa shape index (κ1) is 14.5. The molecule has 2 unspecified atom stereocenters. The molecule has 1 aliphatic rings. The number of likely N-dealkylation sites (tertiary alicyclic amines) is 1. The number of nitro benzene ring substituents is 1. The van der Waals surface area contributed by atoms with Crippen molar-refractivity contribution in [2.75, 3.05) is 0 Å². The third kappa shape index (κ3) is 2.51. The van der Waals surface area contributed by atoms with E-state index in [9.17, 15) is 14.9 Å². The van der Waals surface area contributed by atoms with Crippen molar-refractivity contribution in [3.8, 4) is 0 Å². The molecule has 1 saturated heterocycles. The fourth-order valence-corrected chi connectivity index (χ4v) is 2.83. The number of piperidine rings is 1. The zero-order chi connectivity index (χ0) is 14.9. The largest absolute Gasteiger partial charge is 0.331 e. The molecule has 1 fully saturated rings. The van der Waals surface area contributed by atoms with E-state index in [1.807, 2.05) is 13.8 Å². The van der Waals surface area contributed by atoms with Crippen LogP contribution in [0.2, 0.25) is 0 Å². The summed E-state index contributed by atoms with van der Waals surface area (Å²) in [6.45, 7) is 3.80. The van der Waals surface area contributed by atoms with Crippen molar-refractivity contribution < 1.29 is 9.72 Å². The van der Waals surface area contributed by atoms with Gasteiger partial charge in [0.2, 0.25) is 5.91 Å². The van der Waals surface area contributed by atoms with Gasteiger partial charge >= 0.3 is 0 Å². The Kier molecular flexibility index (Phi) is 4.04. The first-order valence-corrected chi connectivity index (χ1v) is 6.73. The van der Waals surface area contributed by atoms with E-state index in [-0.39, 0.29) is 23.7 Å². The summed E-state index contributed by atoms with van der Waals surface area (Å²) < 4.78 is 0. The summed E-state index contributed by atoms with van der Waals surface area (Å²) in [5, 5.41) is 11.2. The Bertz CT molecular complexity index is 530. The first-order valence-electron chi connectivity index (χ1n) is 6.73. The molecule has 2 N–H and O–H groups in total. The van der Waals surface area contributed by atoms with E-state index in [0.717, 1.165) is 0 Å². The summed E-state index contributed by atoms with van der Waals surface area (Å²) in [7, 11) is 0. The molecule has 0 saturated carbocycles. The topological polar surface area (TPSA) is 89.5 Å². The number of carbonyl (C=O) groups excluding carboxylic acids is 1. The number of amides is 1. The lowest BCUT2D eigenvalue weighted by molar-refractivity contribution is -0.386. The summed E-state index contributed by atoms with van der Waals surface area (Å²) in [6, 6.07) is 5.76. The lowest BCUT2D eigenvalue weighted by atomic mass is 9.88. The maximum atomic E-state index is 12.1. The quantitative estimate of drug-likeness (QED) is 0.676. The number of hydrogen-bond acceptors (Lipinski definition) is 4. The molecule has 1 aromatic carbocycles. The van der Waals surface area contributed by atoms with Crippen LogP contribution in [0.4, 0.5) is 5.69 Å². The summed E-state index contributed by atoms with van der Waals surface area (Å²) in [6.07, 6.45) is 0.954. The van der Waals surface area contributed by atoms with Crippen LogP contribution in [-0.2, 0) is 4.79 Å². The van der Waals surface area contributed by atoms with Gasteiger partial charge in [-0.15, -0.1) is 0 Å². The second-order valence-corrected chi connectivity index (χ2v) is 5.36. The molecule has 0 bridgehead atoms. The number of hydrogen-bond donors (Lipinski definition) is 1. The molecule has 2 rings (SSSR count). The predicted octanol–water partition coefficient (Wildman–Crippen LogP) is 1.99. The number of para-hydroxylation sites is 1. The van der Waals surface area contributed by atoms with Crippen LogP contribution < -0.4 is 5.73 Å². The molecule has 1 heterocycles. The van der Waals surface area contributed by atoms with E-state index in [1.165, 1.54) is 6.07 Å². The number of nitrogens with two attached hydrogens (primary N) is 1. The van der Waals surface area contributed by atoms with Crippen LogP contribution in [0.3, 0.4) is 0 Å². The highest BCUT2D eigenvalue weighted by Crippen LogP contribution is 2.36. The molecule has 108 valence electrons. The van der Waals surface area contributed by atoms with Crippen LogP contribution >= 0.6 is 0 Å². The second kappa shape index (κ2) is 5.58. The molecular weight excluding hydrogens is 258 g/mol. The first-order chi connectivity index (χ1) is 9.43. The average molecular weight is 277 g/mol. The van der Waals surface area contributed by atoms with E-state index < -0.39 is 11.0 Å². The summed E-state index contributed by atoms with van der Waals surface area (Å²) in [5.74, 6) is 0.00449. The maximum absolute atomic E-state index is 12.1. The molecular formula is C14H19N3O3. The minimum Gasteiger partial charge on any atom is -0.331 e. The van der Waals surface area contributed by atoms with Gasteiger partial charge in [0.05, 0.1) is 16.5 Å². The zero-order valence-corrected chi connectivity index (χ0v) is 11.7. The van der Waals surface area contributed by atoms with Gasteiger partial charge in [-0.3, -0.25) is 14.9 Å². The number of rotatable bonds is 3. The van der Waals surface area contributed by atoms with Crippen molar-refractivity contribution in [3.05, 3.63) is 39.9 Å². The van der Waals surface area contributed by atoms with E-state index in [4.69, 9.17) is 5.73 Å². The molecule has 0 aromatic heterocycles. The summed E-state index contributed by atoms with van der Waals surface area (Å²) in [4.78, 5) is 24.6. The normalized spacial score (nSPS) is 23.2. The zero-order valence-electron chi connectivity index (χ0n) is 11.7. The van der Waals surface area contributed by atoms with Crippen molar-refractivity contribution in [1.29, 1.82) is 0 Å². The van der Waals surface area contributed by atoms with E-state index in [1.54, 1.807) is 23.1 Å². The molecule has 1 aliphatic heterocycles. The van der Waals surface area contributed by atoms with Gasteiger partial charge in [0.25, 0.3) is 5.69 Å². The maximum Gasteiger partial charge on any atom is 0.274 e. The molecule has 1 aromatic rings. The lowest BCUT2D eigenvalue weighted by Gasteiger charge is -2.42. The van der Waals surface area contributed by atoms with Crippen molar-refractivity contribution in [1.82, 2.24) is 4.90 Å². The van der Waals surface area contributed by atoms with Gasteiger partial charge in [-0.1, -0.05) is 18.2 Å². The number of nitro groups is 1. The monoisotopic (exact) mass is 277 g/mol. The number of benzene rings is 1. The fourth-order valence-electron chi connectivity index (χ4n) is 2.83. The van der Waals surface area contributed by atoms with Gasteiger partial charge in [-0.25, -0.2) is 0 Å². The summed E-state index contributed by atoms with van der Waals surface area (Å²) >= 11 is 0. The van der Waals surface area contributed by atoms with Crippen LogP contribution in [0, 0.1) is 10.1 Å².